The number of aliphatic hydroxyl groups is 1. The van der Waals surface area contributed by atoms with Crippen molar-refractivity contribution in [1.29, 1.82) is 0 Å². The highest BCUT2D eigenvalue weighted by atomic mass is 19.1. The summed E-state index contributed by atoms with van der Waals surface area (Å²) >= 11 is 0. The maximum absolute atomic E-state index is 13.5. The monoisotopic (exact) mass is 269 g/mol. The predicted octanol–water partition coefficient (Wildman–Crippen LogP) is 3.02. The van der Waals surface area contributed by atoms with Gasteiger partial charge >= 0.3 is 0 Å². The number of rotatable bonds is 4. The molecule has 0 heterocycles. The molecule has 1 aliphatic carbocycles. The first-order valence-corrected chi connectivity index (χ1v) is 6.86. The molecule has 1 aromatic rings. The number of halogens is 2. The van der Waals surface area contributed by atoms with Gasteiger partial charge in [0.05, 0.1) is 11.7 Å². The molecule has 0 bridgehead atoms. The van der Waals surface area contributed by atoms with Crippen molar-refractivity contribution >= 4 is 0 Å². The average molecular weight is 269 g/mol. The summed E-state index contributed by atoms with van der Waals surface area (Å²) in [5.41, 5.74) is -0.242. The van der Waals surface area contributed by atoms with E-state index in [1.807, 2.05) is 0 Å². The van der Waals surface area contributed by atoms with Gasteiger partial charge in [0.1, 0.15) is 11.6 Å². The molecule has 0 radical (unpaired) electrons. The summed E-state index contributed by atoms with van der Waals surface area (Å²) in [6, 6.07) is 3.96. The van der Waals surface area contributed by atoms with Crippen LogP contribution in [0, 0.1) is 23.5 Å². The first-order valence-electron chi connectivity index (χ1n) is 6.86. The number of hydrogen-bond acceptors (Lipinski definition) is 2. The summed E-state index contributed by atoms with van der Waals surface area (Å²) in [6.45, 7) is 4.56. The van der Waals surface area contributed by atoms with Crippen LogP contribution in [-0.4, -0.2) is 17.7 Å². The van der Waals surface area contributed by atoms with E-state index in [9.17, 15) is 13.9 Å². The summed E-state index contributed by atoms with van der Waals surface area (Å²) in [5.74, 6) is -0.207. The van der Waals surface area contributed by atoms with Crippen LogP contribution in [0.4, 0.5) is 8.78 Å². The van der Waals surface area contributed by atoms with Crippen LogP contribution in [0.5, 0.6) is 0 Å². The Morgan fingerprint density at radius 1 is 1.26 bits per heavy atom. The largest absolute Gasteiger partial charge is 0.387 e. The van der Waals surface area contributed by atoms with E-state index < -0.39 is 17.7 Å². The second-order valence-corrected chi connectivity index (χ2v) is 5.58. The third-order valence-corrected chi connectivity index (χ3v) is 4.37. The van der Waals surface area contributed by atoms with Crippen molar-refractivity contribution in [3.63, 3.8) is 0 Å². The van der Waals surface area contributed by atoms with Crippen molar-refractivity contribution in [2.75, 3.05) is 6.54 Å². The van der Waals surface area contributed by atoms with Crippen LogP contribution >= 0.6 is 0 Å². The van der Waals surface area contributed by atoms with Crippen molar-refractivity contribution in [2.24, 2.45) is 11.8 Å². The molecule has 4 atom stereocenters. The molecule has 4 unspecified atom stereocenters. The van der Waals surface area contributed by atoms with E-state index in [1.54, 1.807) is 0 Å². The maximum atomic E-state index is 13.5. The highest BCUT2D eigenvalue weighted by molar-refractivity contribution is 5.22. The summed E-state index contributed by atoms with van der Waals surface area (Å²) in [6.07, 6.45) is 1.06. The van der Waals surface area contributed by atoms with Gasteiger partial charge in [-0.3, -0.25) is 0 Å². The lowest BCUT2D eigenvalue weighted by atomic mass is 9.97. The van der Waals surface area contributed by atoms with Crippen LogP contribution in [-0.2, 0) is 0 Å². The van der Waals surface area contributed by atoms with Gasteiger partial charge in [0.25, 0.3) is 0 Å². The molecule has 1 aliphatic rings. The van der Waals surface area contributed by atoms with Gasteiger partial charge in [-0.05, 0) is 36.8 Å². The van der Waals surface area contributed by atoms with Gasteiger partial charge in [-0.25, -0.2) is 8.78 Å². The number of benzene rings is 1. The van der Waals surface area contributed by atoms with E-state index >= 15 is 0 Å². The molecule has 1 fully saturated rings. The molecule has 1 saturated carbocycles. The first kappa shape index (κ1) is 14.4. The van der Waals surface area contributed by atoms with E-state index in [1.165, 1.54) is 18.2 Å². The molecule has 2 nitrogen and oxygen atoms in total. The van der Waals surface area contributed by atoms with Gasteiger partial charge in [-0.15, -0.1) is 0 Å². The van der Waals surface area contributed by atoms with Gasteiger partial charge < -0.3 is 10.4 Å². The van der Waals surface area contributed by atoms with Crippen LogP contribution in [0.3, 0.4) is 0 Å². The second kappa shape index (κ2) is 5.97. The Bertz CT molecular complexity index is 418. The molecule has 4 heteroatoms. The molecular formula is C15H21F2NO. The zero-order chi connectivity index (χ0) is 14.0. The zero-order valence-electron chi connectivity index (χ0n) is 11.4. The lowest BCUT2D eigenvalue weighted by Gasteiger charge is -2.22. The lowest BCUT2D eigenvalue weighted by Crippen LogP contribution is -2.35. The molecular weight excluding hydrogens is 248 g/mol. The predicted molar refractivity (Wildman–Crippen MR) is 70.7 cm³/mol. The molecule has 1 aromatic carbocycles. The third-order valence-electron chi connectivity index (χ3n) is 4.37. The Morgan fingerprint density at radius 3 is 2.42 bits per heavy atom. The standard InChI is InChI=1S/C15H21F2NO/c1-9-6-7-13(10(9)2)18-8-14(19)15-11(16)4-3-5-12(15)17/h3-5,9-10,13-14,18-19H,6-8H2,1-2H3. The fourth-order valence-corrected chi connectivity index (χ4v) is 2.85. The molecule has 19 heavy (non-hydrogen) atoms. The molecule has 2 rings (SSSR count). The molecule has 0 amide bonds. The van der Waals surface area contributed by atoms with Gasteiger partial charge in [-0.1, -0.05) is 19.9 Å². The third kappa shape index (κ3) is 3.12. The minimum absolute atomic E-state index is 0.180. The van der Waals surface area contributed by atoms with Gasteiger partial charge in [0, 0.05) is 12.6 Å². The van der Waals surface area contributed by atoms with E-state index in [0.29, 0.717) is 17.9 Å². The van der Waals surface area contributed by atoms with Crippen LogP contribution in [0.2, 0.25) is 0 Å². The van der Waals surface area contributed by atoms with Crippen LogP contribution in [0.1, 0.15) is 38.4 Å². The second-order valence-electron chi connectivity index (χ2n) is 5.58. The van der Waals surface area contributed by atoms with Crippen LogP contribution < -0.4 is 5.32 Å². The minimum Gasteiger partial charge on any atom is -0.387 e. The van der Waals surface area contributed by atoms with Crippen molar-refractivity contribution < 1.29 is 13.9 Å². The highest BCUT2D eigenvalue weighted by Crippen LogP contribution is 2.31. The molecule has 0 saturated heterocycles. The SMILES string of the molecule is CC1CCC(NCC(O)c2c(F)cccc2F)C1C. The van der Waals surface area contributed by atoms with Gasteiger partial charge in [0.15, 0.2) is 0 Å². The van der Waals surface area contributed by atoms with Gasteiger partial charge in [-0.2, -0.15) is 0 Å². The zero-order valence-corrected chi connectivity index (χ0v) is 11.4. The Morgan fingerprint density at radius 2 is 1.89 bits per heavy atom. The number of aliphatic hydroxyl groups excluding tert-OH is 1. The Hall–Kier alpha value is -1.00. The quantitative estimate of drug-likeness (QED) is 0.880. The van der Waals surface area contributed by atoms with Crippen molar-refractivity contribution in [1.82, 2.24) is 5.32 Å². The lowest BCUT2D eigenvalue weighted by molar-refractivity contribution is 0.156. The topological polar surface area (TPSA) is 32.3 Å². The van der Waals surface area contributed by atoms with Crippen LogP contribution in [0.15, 0.2) is 18.2 Å². The maximum Gasteiger partial charge on any atom is 0.131 e. The minimum atomic E-state index is -1.15. The summed E-state index contributed by atoms with van der Waals surface area (Å²) in [4.78, 5) is 0. The van der Waals surface area contributed by atoms with Crippen molar-refractivity contribution in [3.05, 3.63) is 35.4 Å². The average Bonchev–Trinajstić information content (AvgIpc) is 2.67. The molecule has 2 N–H and O–H groups in total. The fraction of sp³-hybridized carbons (Fsp3) is 0.600. The van der Waals surface area contributed by atoms with Crippen LogP contribution in [0.25, 0.3) is 0 Å². The molecule has 0 aliphatic heterocycles. The van der Waals surface area contributed by atoms with Gasteiger partial charge in [0.2, 0.25) is 0 Å². The van der Waals surface area contributed by atoms with Crippen molar-refractivity contribution in [3.8, 4) is 0 Å². The number of hydrogen-bond donors (Lipinski definition) is 2. The van der Waals surface area contributed by atoms with Crippen molar-refractivity contribution in [2.45, 2.75) is 38.8 Å². The van der Waals surface area contributed by atoms with E-state index in [-0.39, 0.29) is 12.1 Å². The Balaban J connectivity index is 1.96. The highest BCUT2D eigenvalue weighted by Gasteiger charge is 2.30. The molecule has 0 spiro atoms. The Kier molecular flexibility index (Phi) is 4.53. The summed E-state index contributed by atoms with van der Waals surface area (Å²) in [7, 11) is 0. The number of nitrogens with one attached hydrogen (secondary N) is 1. The van der Waals surface area contributed by atoms with E-state index in [4.69, 9.17) is 0 Å². The normalized spacial score (nSPS) is 28.6. The summed E-state index contributed by atoms with van der Waals surface area (Å²) < 4.78 is 27.0. The fourth-order valence-electron chi connectivity index (χ4n) is 2.85. The first-order chi connectivity index (χ1) is 9.00. The molecule has 0 aromatic heterocycles. The van der Waals surface area contributed by atoms with E-state index in [0.717, 1.165) is 12.8 Å². The Labute approximate surface area is 112 Å². The summed E-state index contributed by atoms with van der Waals surface area (Å²) in [5, 5.41) is 13.2. The smallest absolute Gasteiger partial charge is 0.131 e. The van der Waals surface area contributed by atoms with E-state index in [2.05, 4.69) is 19.2 Å². The molecule has 106 valence electrons.